The lowest BCUT2D eigenvalue weighted by Gasteiger charge is -2.17. The molecule has 1 aromatic carbocycles. The highest BCUT2D eigenvalue weighted by Crippen LogP contribution is 2.24. The van der Waals surface area contributed by atoms with Gasteiger partial charge in [-0.1, -0.05) is 12.1 Å². The molecule has 0 spiro atoms. The Balaban J connectivity index is 2.35. The van der Waals surface area contributed by atoms with Gasteiger partial charge in [0.15, 0.2) is 0 Å². The van der Waals surface area contributed by atoms with Crippen molar-refractivity contribution in [2.75, 3.05) is 19.6 Å². The third-order valence-corrected chi connectivity index (χ3v) is 5.58. The molecule has 0 radical (unpaired) electrons. The molecule has 1 N–H and O–H groups in total. The van der Waals surface area contributed by atoms with Crippen LogP contribution < -0.4 is 5.32 Å². The Morgan fingerprint density at radius 3 is 2.67 bits per heavy atom. The molecule has 0 bridgehead atoms. The van der Waals surface area contributed by atoms with Crippen LogP contribution in [0.25, 0.3) is 0 Å². The third-order valence-electron chi connectivity index (χ3n) is 3.54. The highest BCUT2D eigenvalue weighted by atomic mass is 32.2. The number of aryl methyl sites for hydroxylation is 1. The van der Waals surface area contributed by atoms with E-state index in [-0.39, 0.29) is 10.8 Å². The lowest BCUT2D eigenvalue weighted by molar-refractivity contribution is 0.0958. The topological polar surface area (TPSA) is 66.5 Å². The second-order valence-corrected chi connectivity index (χ2v) is 7.00. The van der Waals surface area contributed by atoms with Crippen LogP contribution in [0.3, 0.4) is 0 Å². The average molecular weight is 308 g/mol. The quantitative estimate of drug-likeness (QED) is 0.842. The minimum atomic E-state index is -3.51. The average Bonchev–Trinajstić information content (AvgIpc) is 3.00. The maximum Gasteiger partial charge on any atom is 0.251 e. The maximum absolute atomic E-state index is 12.6. The van der Waals surface area contributed by atoms with Gasteiger partial charge in [0.1, 0.15) is 0 Å². The zero-order valence-corrected chi connectivity index (χ0v) is 12.9. The molecule has 0 atom stereocenters. The zero-order chi connectivity index (χ0) is 15.5. The standard InChI is InChI=1S/C15H20N2O3S/c1-3-8-16-15(18)13-7-6-12(2)14(11-13)21(19,20)17-9-4-5-10-17/h3,6-7,11H,1,4-5,8-10H2,2H3,(H,16,18). The van der Waals surface area contributed by atoms with E-state index in [9.17, 15) is 13.2 Å². The lowest BCUT2D eigenvalue weighted by Crippen LogP contribution is -2.29. The number of nitrogens with one attached hydrogen (secondary N) is 1. The first-order valence-corrected chi connectivity index (χ1v) is 8.40. The van der Waals surface area contributed by atoms with Crippen molar-refractivity contribution in [2.24, 2.45) is 0 Å². The number of nitrogens with zero attached hydrogens (tertiary/aromatic N) is 1. The van der Waals surface area contributed by atoms with Crippen molar-refractivity contribution in [3.05, 3.63) is 42.0 Å². The molecule has 0 aromatic heterocycles. The van der Waals surface area contributed by atoms with Gasteiger partial charge in [-0.2, -0.15) is 4.31 Å². The molecule has 2 rings (SSSR count). The predicted octanol–water partition coefficient (Wildman–Crippen LogP) is 1.70. The first kappa shape index (κ1) is 15.7. The molecule has 1 fully saturated rings. The van der Waals surface area contributed by atoms with E-state index in [1.165, 1.54) is 10.4 Å². The minimum Gasteiger partial charge on any atom is -0.349 e. The van der Waals surface area contributed by atoms with Crippen molar-refractivity contribution in [3.8, 4) is 0 Å². The molecule has 5 nitrogen and oxygen atoms in total. The second-order valence-electron chi connectivity index (χ2n) is 5.09. The fraction of sp³-hybridized carbons (Fsp3) is 0.400. The van der Waals surface area contributed by atoms with Gasteiger partial charge in [-0.3, -0.25) is 4.79 Å². The van der Waals surface area contributed by atoms with E-state index in [0.717, 1.165) is 12.8 Å². The summed E-state index contributed by atoms with van der Waals surface area (Å²) in [6, 6.07) is 4.77. The van der Waals surface area contributed by atoms with Crippen molar-refractivity contribution in [3.63, 3.8) is 0 Å². The first-order valence-electron chi connectivity index (χ1n) is 6.96. The van der Waals surface area contributed by atoms with Crippen LogP contribution in [0.4, 0.5) is 0 Å². The number of hydrogen-bond donors (Lipinski definition) is 1. The van der Waals surface area contributed by atoms with Crippen LogP contribution in [-0.4, -0.2) is 38.3 Å². The van der Waals surface area contributed by atoms with Crippen LogP contribution in [0.1, 0.15) is 28.8 Å². The van der Waals surface area contributed by atoms with Crippen molar-refractivity contribution < 1.29 is 13.2 Å². The van der Waals surface area contributed by atoms with Crippen LogP contribution >= 0.6 is 0 Å². The van der Waals surface area contributed by atoms with Crippen LogP contribution in [0.15, 0.2) is 35.7 Å². The van der Waals surface area contributed by atoms with Gasteiger partial charge in [-0.25, -0.2) is 8.42 Å². The van der Waals surface area contributed by atoms with Gasteiger partial charge < -0.3 is 5.32 Å². The van der Waals surface area contributed by atoms with Crippen LogP contribution in [0.5, 0.6) is 0 Å². The van der Waals surface area contributed by atoms with Crippen molar-refractivity contribution in [2.45, 2.75) is 24.7 Å². The van der Waals surface area contributed by atoms with Crippen molar-refractivity contribution in [1.82, 2.24) is 9.62 Å². The Morgan fingerprint density at radius 1 is 1.38 bits per heavy atom. The van der Waals surface area contributed by atoms with Crippen LogP contribution in [-0.2, 0) is 10.0 Å². The molecule has 1 aromatic rings. The molecular weight excluding hydrogens is 288 g/mol. The summed E-state index contributed by atoms with van der Waals surface area (Å²) in [6.45, 7) is 6.73. The molecule has 1 aliphatic rings. The first-order chi connectivity index (χ1) is 9.96. The fourth-order valence-electron chi connectivity index (χ4n) is 2.35. The summed E-state index contributed by atoms with van der Waals surface area (Å²) in [5.41, 5.74) is 1.00. The van der Waals surface area contributed by atoms with E-state index in [2.05, 4.69) is 11.9 Å². The number of carbonyl (C=O) groups excluding carboxylic acids is 1. The van der Waals surface area contributed by atoms with Gasteiger partial charge in [0.2, 0.25) is 10.0 Å². The van der Waals surface area contributed by atoms with Gasteiger partial charge in [0.25, 0.3) is 5.91 Å². The van der Waals surface area contributed by atoms with Crippen molar-refractivity contribution in [1.29, 1.82) is 0 Å². The van der Waals surface area contributed by atoms with E-state index in [1.807, 2.05) is 0 Å². The van der Waals surface area contributed by atoms with E-state index >= 15 is 0 Å². The van der Waals surface area contributed by atoms with Gasteiger partial charge in [-0.15, -0.1) is 6.58 Å². The third kappa shape index (κ3) is 3.33. The number of sulfonamides is 1. The fourth-order valence-corrected chi connectivity index (χ4v) is 4.12. The number of hydrogen-bond acceptors (Lipinski definition) is 3. The number of rotatable bonds is 5. The molecule has 21 heavy (non-hydrogen) atoms. The Bertz CT molecular complexity index is 647. The molecule has 0 aliphatic carbocycles. The molecule has 0 saturated carbocycles. The molecular formula is C15H20N2O3S. The molecule has 1 heterocycles. The van der Waals surface area contributed by atoms with E-state index in [4.69, 9.17) is 0 Å². The zero-order valence-electron chi connectivity index (χ0n) is 12.1. The van der Waals surface area contributed by atoms with E-state index in [1.54, 1.807) is 25.1 Å². The SMILES string of the molecule is C=CCNC(=O)c1ccc(C)c(S(=O)(=O)N2CCCC2)c1. The van der Waals surface area contributed by atoms with E-state index in [0.29, 0.717) is 30.8 Å². The molecule has 1 amide bonds. The maximum atomic E-state index is 12.6. The monoisotopic (exact) mass is 308 g/mol. The molecule has 1 aliphatic heterocycles. The van der Waals surface area contributed by atoms with Crippen molar-refractivity contribution >= 4 is 15.9 Å². The number of benzene rings is 1. The summed E-state index contributed by atoms with van der Waals surface area (Å²) in [7, 11) is -3.51. The summed E-state index contributed by atoms with van der Waals surface area (Å²) < 4.78 is 26.7. The number of carbonyl (C=O) groups is 1. The van der Waals surface area contributed by atoms with Gasteiger partial charge in [-0.05, 0) is 37.5 Å². The normalized spacial score (nSPS) is 15.9. The Hall–Kier alpha value is -1.66. The van der Waals surface area contributed by atoms with E-state index < -0.39 is 10.0 Å². The summed E-state index contributed by atoms with van der Waals surface area (Å²) in [6.07, 6.45) is 3.35. The Kier molecular flexibility index (Phi) is 4.80. The Labute approximate surface area is 125 Å². The molecule has 114 valence electrons. The molecule has 0 unspecified atom stereocenters. The largest absolute Gasteiger partial charge is 0.349 e. The van der Waals surface area contributed by atoms with Gasteiger partial charge in [0.05, 0.1) is 4.90 Å². The van der Waals surface area contributed by atoms with Gasteiger partial charge >= 0.3 is 0 Å². The van der Waals surface area contributed by atoms with Gasteiger partial charge in [0, 0.05) is 25.2 Å². The number of amides is 1. The predicted molar refractivity (Wildman–Crippen MR) is 81.7 cm³/mol. The summed E-state index contributed by atoms with van der Waals surface area (Å²) in [5.74, 6) is -0.298. The van der Waals surface area contributed by atoms with Crippen LogP contribution in [0, 0.1) is 6.92 Å². The summed E-state index contributed by atoms with van der Waals surface area (Å²) in [5, 5.41) is 2.65. The highest BCUT2D eigenvalue weighted by Gasteiger charge is 2.29. The summed E-state index contributed by atoms with van der Waals surface area (Å²) in [4.78, 5) is 12.2. The Morgan fingerprint density at radius 2 is 2.05 bits per heavy atom. The molecule has 1 saturated heterocycles. The lowest BCUT2D eigenvalue weighted by atomic mass is 10.1. The summed E-state index contributed by atoms with van der Waals surface area (Å²) >= 11 is 0. The minimum absolute atomic E-state index is 0.218. The molecule has 6 heteroatoms. The second kappa shape index (κ2) is 6.41. The smallest absolute Gasteiger partial charge is 0.251 e. The van der Waals surface area contributed by atoms with Crippen LogP contribution in [0.2, 0.25) is 0 Å². The highest BCUT2D eigenvalue weighted by molar-refractivity contribution is 7.89.